The van der Waals surface area contributed by atoms with Gasteiger partial charge in [-0.3, -0.25) is 15.0 Å². The smallest absolute Gasteiger partial charge is 0.261 e. The van der Waals surface area contributed by atoms with E-state index in [-0.39, 0.29) is 18.8 Å². The van der Waals surface area contributed by atoms with Crippen molar-refractivity contribution in [2.75, 3.05) is 33.7 Å². The zero-order chi connectivity index (χ0) is 31.1. The van der Waals surface area contributed by atoms with Gasteiger partial charge in [-0.15, -0.1) is 0 Å². The van der Waals surface area contributed by atoms with Crippen LogP contribution in [0.3, 0.4) is 0 Å². The molecule has 0 saturated carbocycles. The van der Waals surface area contributed by atoms with Gasteiger partial charge < -0.3 is 9.88 Å². The van der Waals surface area contributed by atoms with Gasteiger partial charge in [0, 0.05) is 48.4 Å². The summed E-state index contributed by atoms with van der Waals surface area (Å²) in [7, 11) is 4.08. The number of likely N-dealkylation sites (tertiary alicyclic amines) is 1. The van der Waals surface area contributed by atoms with Crippen molar-refractivity contribution in [3.8, 4) is 33.8 Å². The number of hydrogen-bond donors (Lipinski definition) is 2. The van der Waals surface area contributed by atoms with E-state index in [1.54, 1.807) is 29.4 Å². The van der Waals surface area contributed by atoms with Crippen molar-refractivity contribution >= 4 is 21.9 Å². The Morgan fingerprint density at radius 3 is 2.64 bits per heavy atom. The van der Waals surface area contributed by atoms with Gasteiger partial charge in [0.15, 0.2) is 0 Å². The summed E-state index contributed by atoms with van der Waals surface area (Å²) in [5, 5.41) is 8.65. The predicted octanol–water partition coefficient (Wildman–Crippen LogP) is 7.31. The van der Waals surface area contributed by atoms with Crippen molar-refractivity contribution in [2.24, 2.45) is 0 Å². The van der Waals surface area contributed by atoms with Crippen LogP contribution in [0.1, 0.15) is 24.0 Å². The normalized spacial score (nSPS) is 15.2. The number of aryl methyl sites for hydroxylation is 1. The molecule has 2 aromatic carbocycles. The number of aromatic amines is 2. The average molecular weight is 610 g/mol. The molecule has 0 radical (unpaired) electrons. The Bertz CT molecular complexity index is 1990. The summed E-state index contributed by atoms with van der Waals surface area (Å²) in [4.78, 5) is 16.7. The summed E-state index contributed by atoms with van der Waals surface area (Å²) in [6.45, 7) is 1.49. The molecule has 1 aliphatic heterocycles. The van der Waals surface area contributed by atoms with E-state index in [4.69, 9.17) is 4.98 Å². The van der Waals surface area contributed by atoms with Gasteiger partial charge in [0.1, 0.15) is 17.0 Å². The van der Waals surface area contributed by atoms with Gasteiger partial charge in [0.2, 0.25) is 0 Å². The van der Waals surface area contributed by atoms with Crippen LogP contribution >= 0.6 is 0 Å². The molecule has 230 valence electrons. The van der Waals surface area contributed by atoms with E-state index < -0.39 is 5.92 Å². The summed E-state index contributed by atoms with van der Waals surface area (Å²) >= 11 is 0. The maximum Gasteiger partial charge on any atom is 0.261 e. The molecule has 0 atom stereocenters. The Hall–Kier alpha value is -4.54. The Labute approximate surface area is 259 Å². The molecule has 45 heavy (non-hydrogen) atoms. The lowest BCUT2D eigenvalue weighted by atomic mass is 9.98. The third-order valence-electron chi connectivity index (χ3n) is 8.41. The standard InChI is InChI=1S/C35H34F3N7/c1-44(2)11-4-5-22-13-24(16-26(36)15-22)27-6-3-7-30-28(27)17-32(40-30)34-33-31(42-43-34)9-8-29(41-33)25-14-23(18-39-19-25)20-45-12-10-35(37,38)21-45/h3,6-9,13-19,40H,4-5,10-12,20-21H2,1-2H3,(H,42,43). The number of nitrogens with one attached hydrogen (secondary N) is 2. The van der Waals surface area contributed by atoms with Crippen molar-refractivity contribution in [2.45, 2.75) is 31.7 Å². The van der Waals surface area contributed by atoms with Crippen molar-refractivity contribution < 1.29 is 13.2 Å². The molecule has 7 rings (SSSR count). The van der Waals surface area contributed by atoms with Crippen LogP contribution in [0.15, 0.2) is 73.1 Å². The fourth-order valence-corrected chi connectivity index (χ4v) is 6.25. The average Bonchev–Trinajstić information content (AvgIpc) is 3.72. The van der Waals surface area contributed by atoms with E-state index in [0.29, 0.717) is 30.0 Å². The molecule has 1 fully saturated rings. The first-order chi connectivity index (χ1) is 21.7. The molecular formula is C35H34F3N7. The number of benzene rings is 2. The highest BCUT2D eigenvalue weighted by Gasteiger charge is 2.37. The minimum atomic E-state index is -2.63. The Morgan fingerprint density at radius 1 is 0.956 bits per heavy atom. The van der Waals surface area contributed by atoms with E-state index in [0.717, 1.165) is 69.3 Å². The van der Waals surface area contributed by atoms with E-state index >= 15 is 0 Å². The molecule has 10 heteroatoms. The second kappa shape index (κ2) is 11.8. The van der Waals surface area contributed by atoms with Gasteiger partial charge >= 0.3 is 0 Å². The molecule has 1 aliphatic rings. The lowest BCUT2D eigenvalue weighted by molar-refractivity contribution is 0.0115. The maximum absolute atomic E-state index is 14.8. The molecule has 1 saturated heterocycles. The Balaban J connectivity index is 1.20. The van der Waals surface area contributed by atoms with E-state index in [1.807, 2.05) is 56.6 Å². The number of rotatable bonds is 9. The lowest BCUT2D eigenvalue weighted by Crippen LogP contribution is -2.24. The van der Waals surface area contributed by atoms with Gasteiger partial charge in [-0.05, 0) is 98.2 Å². The van der Waals surface area contributed by atoms with Crippen LogP contribution in [0.5, 0.6) is 0 Å². The highest BCUT2D eigenvalue weighted by Crippen LogP contribution is 2.35. The molecule has 7 nitrogen and oxygen atoms in total. The summed E-state index contributed by atoms with van der Waals surface area (Å²) in [5.41, 5.74) is 8.98. The summed E-state index contributed by atoms with van der Waals surface area (Å²) < 4.78 is 42.2. The van der Waals surface area contributed by atoms with Gasteiger partial charge in [0.25, 0.3) is 5.92 Å². The van der Waals surface area contributed by atoms with E-state index in [1.165, 1.54) is 0 Å². The minimum Gasteiger partial charge on any atom is -0.353 e. The predicted molar refractivity (Wildman–Crippen MR) is 172 cm³/mol. The molecule has 0 amide bonds. The van der Waals surface area contributed by atoms with Gasteiger partial charge in [-0.25, -0.2) is 18.2 Å². The molecule has 4 aromatic heterocycles. The molecule has 2 N–H and O–H groups in total. The molecule has 6 aromatic rings. The lowest BCUT2D eigenvalue weighted by Gasteiger charge is -2.15. The Morgan fingerprint density at radius 2 is 1.82 bits per heavy atom. The Kier molecular flexibility index (Phi) is 7.63. The number of halogens is 3. The maximum atomic E-state index is 14.8. The molecule has 0 bridgehead atoms. The number of pyridine rings is 2. The largest absolute Gasteiger partial charge is 0.353 e. The SMILES string of the molecule is CN(C)CCCc1cc(F)cc(-c2cccc3[nH]c(-c4n[nH]c5ccc(-c6cncc(CN7CCC(F)(F)C7)c6)nc45)cc23)c1. The van der Waals surface area contributed by atoms with E-state index in [2.05, 4.69) is 31.1 Å². The number of nitrogens with zero attached hydrogens (tertiary/aromatic N) is 5. The fourth-order valence-electron chi connectivity index (χ4n) is 6.25. The summed E-state index contributed by atoms with van der Waals surface area (Å²) in [5.74, 6) is -2.88. The second-order valence-electron chi connectivity index (χ2n) is 12.3. The van der Waals surface area contributed by atoms with Crippen LogP contribution in [-0.2, 0) is 13.0 Å². The van der Waals surface area contributed by atoms with Crippen molar-refractivity contribution in [1.29, 1.82) is 0 Å². The summed E-state index contributed by atoms with van der Waals surface area (Å²) in [6, 6.07) is 19.1. The first kappa shape index (κ1) is 29.2. The highest BCUT2D eigenvalue weighted by molar-refractivity contribution is 6.00. The number of H-pyrrole nitrogens is 2. The second-order valence-corrected chi connectivity index (χ2v) is 12.3. The molecule has 0 spiro atoms. The van der Waals surface area contributed by atoms with Crippen LogP contribution < -0.4 is 0 Å². The zero-order valence-corrected chi connectivity index (χ0v) is 25.2. The quantitative estimate of drug-likeness (QED) is 0.180. The molecule has 5 heterocycles. The van der Waals surface area contributed by atoms with Crippen LogP contribution in [-0.4, -0.2) is 74.6 Å². The number of aromatic nitrogens is 5. The van der Waals surface area contributed by atoms with Gasteiger partial charge in [-0.1, -0.05) is 18.2 Å². The number of hydrogen-bond acceptors (Lipinski definition) is 5. The monoisotopic (exact) mass is 609 g/mol. The fraction of sp³-hybridized carbons (Fsp3) is 0.286. The molecule has 0 aliphatic carbocycles. The van der Waals surface area contributed by atoms with Crippen molar-refractivity contribution in [3.63, 3.8) is 0 Å². The topological polar surface area (TPSA) is 76.7 Å². The highest BCUT2D eigenvalue weighted by atomic mass is 19.3. The molecular weight excluding hydrogens is 575 g/mol. The third-order valence-corrected chi connectivity index (χ3v) is 8.41. The minimum absolute atomic E-state index is 0.114. The van der Waals surface area contributed by atoms with Gasteiger partial charge in [-0.2, -0.15) is 5.10 Å². The third kappa shape index (κ3) is 6.21. The van der Waals surface area contributed by atoms with Crippen LogP contribution in [0.4, 0.5) is 13.2 Å². The summed E-state index contributed by atoms with van der Waals surface area (Å²) in [6.07, 6.45) is 5.09. The number of fused-ring (bicyclic) bond motifs is 2. The first-order valence-electron chi connectivity index (χ1n) is 15.2. The zero-order valence-electron chi connectivity index (χ0n) is 25.2. The number of alkyl halides is 2. The van der Waals surface area contributed by atoms with E-state index in [9.17, 15) is 13.2 Å². The van der Waals surface area contributed by atoms with Crippen molar-refractivity contribution in [1.82, 2.24) is 34.9 Å². The van der Waals surface area contributed by atoms with Crippen LogP contribution in [0.25, 0.3) is 55.7 Å². The molecule has 0 unspecified atom stereocenters. The van der Waals surface area contributed by atoms with Gasteiger partial charge in [0.05, 0.1) is 23.4 Å². The van der Waals surface area contributed by atoms with Crippen LogP contribution in [0, 0.1) is 5.82 Å². The van der Waals surface area contributed by atoms with Crippen molar-refractivity contribution in [3.05, 3.63) is 90.0 Å². The first-order valence-corrected chi connectivity index (χ1v) is 15.2. The van der Waals surface area contributed by atoms with Crippen LogP contribution in [0.2, 0.25) is 0 Å².